The molecule has 2 aromatic rings. The van der Waals surface area contributed by atoms with Crippen LogP contribution in [0.5, 0.6) is 0 Å². The molecule has 2 aromatic carbocycles. The minimum absolute atomic E-state index is 0.134. The predicted octanol–water partition coefficient (Wildman–Crippen LogP) is 0.115. The van der Waals surface area contributed by atoms with E-state index in [1.54, 1.807) is 0 Å². The second-order valence-electron chi connectivity index (χ2n) is 4.29. The Morgan fingerprint density at radius 1 is 0.727 bits per heavy atom. The van der Waals surface area contributed by atoms with Crippen LogP contribution in [0.2, 0.25) is 0 Å². The zero-order valence-corrected chi connectivity index (χ0v) is 14.2. The van der Waals surface area contributed by atoms with E-state index in [0.717, 1.165) is 5.56 Å². The summed E-state index contributed by atoms with van der Waals surface area (Å²) >= 11 is -0.134. The van der Waals surface area contributed by atoms with Crippen molar-refractivity contribution in [2.75, 3.05) is 0 Å². The first kappa shape index (κ1) is 15.8. The third-order valence-electron chi connectivity index (χ3n) is 2.60. The molecule has 0 N–H and O–H groups in total. The monoisotopic (exact) mass is 391 g/mol. The second-order valence-corrected chi connectivity index (χ2v) is 7.32. The van der Waals surface area contributed by atoms with E-state index in [0.29, 0.717) is 0 Å². The first-order chi connectivity index (χ1) is 10.8. The predicted molar refractivity (Wildman–Crippen MR) is 86.3 cm³/mol. The van der Waals surface area contributed by atoms with Crippen LogP contribution in [0.4, 0.5) is 0 Å². The molecule has 0 aliphatic carbocycles. The van der Waals surface area contributed by atoms with E-state index >= 15 is 0 Å². The Bertz CT molecular complexity index is 860. The average Bonchev–Trinajstić information content (AvgIpc) is 2.54. The van der Waals surface area contributed by atoms with Crippen molar-refractivity contribution in [2.45, 2.75) is 6.92 Å². The van der Waals surface area contributed by atoms with Gasteiger partial charge in [-0.3, -0.25) is 0 Å². The van der Waals surface area contributed by atoms with E-state index in [9.17, 15) is 0 Å². The summed E-state index contributed by atoms with van der Waals surface area (Å²) in [5, 5.41) is 0. The molecule has 0 spiro atoms. The van der Waals surface area contributed by atoms with Gasteiger partial charge in [-0.15, -0.1) is 0 Å². The van der Waals surface area contributed by atoms with Crippen molar-refractivity contribution >= 4 is 0 Å². The molecule has 0 heterocycles. The molecule has 104 valence electrons. The molecule has 0 aliphatic heterocycles. The number of rotatable bonds is 2. The van der Waals surface area contributed by atoms with Gasteiger partial charge in [0.05, 0.1) is 0 Å². The SMILES string of the molecule is C#CC#CC#CC#Cc1ccc([I-]c2ccc(C)cc2)cc1. The fourth-order valence-electron chi connectivity index (χ4n) is 1.55. The summed E-state index contributed by atoms with van der Waals surface area (Å²) in [6.45, 7) is 2.11. The molecule has 0 bridgehead atoms. The van der Waals surface area contributed by atoms with Crippen molar-refractivity contribution in [1.29, 1.82) is 0 Å². The van der Waals surface area contributed by atoms with E-state index in [1.165, 1.54) is 12.7 Å². The van der Waals surface area contributed by atoms with Gasteiger partial charge in [-0.25, -0.2) is 0 Å². The molecule has 2 rings (SSSR count). The van der Waals surface area contributed by atoms with Crippen LogP contribution in [0, 0.1) is 61.9 Å². The Hall–Kier alpha value is -2.59. The molecular weight excluding hydrogens is 379 g/mol. The van der Waals surface area contributed by atoms with Crippen LogP contribution in [-0.2, 0) is 0 Å². The number of terminal acetylenes is 1. The second kappa shape index (κ2) is 8.64. The van der Waals surface area contributed by atoms with Crippen LogP contribution >= 0.6 is 0 Å². The summed E-state index contributed by atoms with van der Waals surface area (Å²) in [6.07, 6.45) is 4.99. The molecule has 0 atom stereocenters. The van der Waals surface area contributed by atoms with Crippen LogP contribution in [0.25, 0.3) is 0 Å². The Morgan fingerprint density at radius 3 is 1.91 bits per heavy atom. The molecule has 1 heteroatoms. The van der Waals surface area contributed by atoms with Gasteiger partial charge in [0.15, 0.2) is 0 Å². The van der Waals surface area contributed by atoms with Gasteiger partial charge in [0.1, 0.15) is 0 Å². The number of hydrogen-bond acceptors (Lipinski definition) is 0. The molecular formula is C21H12I-. The van der Waals surface area contributed by atoms with Gasteiger partial charge >= 0.3 is 143 Å². The molecule has 0 amide bonds. The van der Waals surface area contributed by atoms with Gasteiger partial charge in [-0.2, -0.15) is 0 Å². The number of aryl methyl sites for hydroxylation is 1. The summed E-state index contributed by atoms with van der Waals surface area (Å²) in [6, 6.07) is 17.1. The van der Waals surface area contributed by atoms with Gasteiger partial charge in [-0.1, -0.05) is 0 Å². The Balaban J connectivity index is 2.01. The maximum absolute atomic E-state index is 4.99. The first-order valence-corrected chi connectivity index (χ1v) is 8.72. The first-order valence-electron chi connectivity index (χ1n) is 6.56. The van der Waals surface area contributed by atoms with Crippen molar-refractivity contribution in [1.82, 2.24) is 0 Å². The van der Waals surface area contributed by atoms with E-state index in [2.05, 4.69) is 84.8 Å². The zero-order chi connectivity index (χ0) is 15.6. The fraction of sp³-hybridized carbons (Fsp3) is 0.0476. The molecule has 0 radical (unpaired) electrons. The van der Waals surface area contributed by atoms with Crippen LogP contribution in [-0.4, -0.2) is 0 Å². The third kappa shape index (κ3) is 5.42. The maximum atomic E-state index is 4.99. The van der Waals surface area contributed by atoms with Crippen LogP contribution in [0.1, 0.15) is 11.1 Å². The molecule has 0 aromatic heterocycles. The molecule has 0 unspecified atom stereocenters. The van der Waals surface area contributed by atoms with E-state index in [4.69, 9.17) is 6.42 Å². The topological polar surface area (TPSA) is 0 Å². The molecule has 0 fully saturated rings. The van der Waals surface area contributed by atoms with Crippen LogP contribution < -0.4 is 21.2 Å². The van der Waals surface area contributed by atoms with E-state index in [-0.39, 0.29) is 21.2 Å². The standard InChI is InChI=1S/C21H12I/c1-3-4-5-6-7-8-9-19-12-16-21(17-13-19)22-20-14-10-18(2)11-15-20/h1,10-17H,2H3/q-1. The zero-order valence-electron chi connectivity index (χ0n) is 12.1. The number of halogens is 1. The Labute approximate surface area is 142 Å². The van der Waals surface area contributed by atoms with Crippen LogP contribution in [0.15, 0.2) is 48.5 Å². The normalized spacial score (nSPS) is 8.36. The molecule has 0 aliphatic rings. The van der Waals surface area contributed by atoms with Gasteiger partial charge in [-0.05, 0) is 0 Å². The van der Waals surface area contributed by atoms with Gasteiger partial charge in [0.2, 0.25) is 0 Å². The molecule has 0 saturated heterocycles. The minimum atomic E-state index is -0.134. The Kier molecular flexibility index (Phi) is 6.20. The summed E-state index contributed by atoms with van der Waals surface area (Å²) in [4.78, 5) is 0. The van der Waals surface area contributed by atoms with E-state index < -0.39 is 0 Å². The van der Waals surface area contributed by atoms with Crippen LogP contribution in [0.3, 0.4) is 0 Å². The Morgan fingerprint density at radius 2 is 1.27 bits per heavy atom. The van der Waals surface area contributed by atoms with Crippen molar-refractivity contribution < 1.29 is 21.2 Å². The van der Waals surface area contributed by atoms with Gasteiger partial charge in [0.25, 0.3) is 0 Å². The number of benzene rings is 2. The average molecular weight is 391 g/mol. The summed E-state index contributed by atoms with van der Waals surface area (Å²) in [5.41, 5.74) is 2.25. The summed E-state index contributed by atoms with van der Waals surface area (Å²) < 4.78 is 2.79. The van der Waals surface area contributed by atoms with Crippen molar-refractivity contribution in [3.05, 3.63) is 66.8 Å². The van der Waals surface area contributed by atoms with Crippen molar-refractivity contribution in [3.8, 4) is 47.9 Å². The van der Waals surface area contributed by atoms with Gasteiger partial charge < -0.3 is 0 Å². The molecule has 0 nitrogen and oxygen atoms in total. The van der Waals surface area contributed by atoms with Gasteiger partial charge in [0, 0.05) is 0 Å². The fourth-order valence-corrected chi connectivity index (χ4v) is 3.71. The quantitative estimate of drug-likeness (QED) is 0.504. The van der Waals surface area contributed by atoms with Crippen molar-refractivity contribution in [3.63, 3.8) is 0 Å². The molecule has 22 heavy (non-hydrogen) atoms. The molecule has 0 saturated carbocycles. The third-order valence-corrected chi connectivity index (χ3v) is 5.29. The van der Waals surface area contributed by atoms with Crippen molar-refractivity contribution in [2.24, 2.45) is 0 Å². The summed E-state index contributed by atoms with van der Waals surface area (Å²) in [5.74, 6) is 18.1. The summed E-state index contributed by atoms with van der Waals surface area (Å²) in [7, 11) is 0. The number of hydrogen-bond donors (Lipinski definition) is 0. The van der Waals surface area contributed by atoms with E-state index in [1.807, 2.05) is 12.1 Å².